The Morgan fingerprint density at radius 3 is 2.59 bits per heavy atom. The number of imide groups is 1. The molecule has 3 rings (SSSR count). The van der Waals surface area contributed by atoms with Crippen LogP contribution in [-0.2, 0) is 0 Å². The van der Waals surface area contributed by atoms with Crippen molar-refractivity contribution in [3.63, 3.8) is 0 Å². The number of carbonyl (C=O) groups is 2. The van der Waals surface area contributed by atoms with Crippen LogP contribution in [0.3, 0.4) is 0 Å². The number of hydrogen-bond acceptors (Lipinski definition) is 5. The molecule has 0 saturated heterocycles. The summed E-state index contributed by atoms with van der Waals surface area (Å²) in [6, 6.07) is 7.24. The number of halogens is 1. The molecule has 2 aromatic rings. The van der Waals surface area contributed by atoms with Crippen molar-refractivity contribution in [3.8, 4) is 11.8 Å². The van der Waals surface area contributed by atoms with E-state index in [0.29, 0.717) is 0 Å². The number of anilines is 1. The average molecular weight is 315 g/mol. The summed E-state index contributed by atoms with van der Waals surface area (Å²) in [6.45, 7) is 0. The van der Waals surface area contributed by atoms with Crippen LogP contribution in [0.5, 0.6) is 0 Å². The number of benzene rings is 1. The predicted octanol–water partition coefficient (Wildman–Crippen LogP) is 0.828. The van der Waals surface area contributed by atoms with E-state index in [2.05, 4.69) is 5.32 Å². The maximum Gasteiger partial charge on any atom is 0.262 e. The second-order valence-corrected chi connectivity index (χ2v) is 4.96. The van der Waals surface area contributed by atoms with E-state index in [0.717, 1.165) is 10.6 Å². The lowest BCUT2D eigenvalue weighted by atomic mass is 10.1. The zero-order valence-corrected chi connectivity index (χ0v) is 11.6. The molecule has 0 unspecified atom stereocenters. The number of nitrogens with two attached hydrogens (primary N) is 1. The van der Waals surface area contributed by atoms with E-state index in [4.69, 9.17) is 22.6 Å². The first-order chi connectivity index (χ1) is 10.4. The van der Waals surface area contributed by atoms with E-state index in [1.807, 2.05) is 6.07 Å². The third-order valence-electron chi connectivity index (χ3n) is 3.27. The number of nitrogens with one attached hydrogen (secondary N) is 1. The first-order valence-electron chi connectivity index (χ1n) is 6.05. The number of hydrogen-bond donors (Lipinski definition) is 2. The summed E-state index contributed by atoms with van der Waals surface area (Å²) in [5.41, 5.74) is 5.54. The molecule has 3 N–H and O–H groups in total. The molecule has 1 aromatic carbocycles. The van der Waals surface area contributed by atoms with Crippen molar-refractivity contribution in [2.24, 2.45) is 0 Å². The SMILES string of the molecule is N#Cc1ccc(Cl)c(-n2c(N)c3c(cc2=O)C(=O)NC3=O)c1. The Labute approximate surface area is 128 Å². The van der Waals surface area contributed by atoms with Gasteiger partial charge in [-0.2, -0.15) is 5.26 Å². The van der Waals surface area contributed by atoms with Crippen molar-refractivity contribution in [1.29, 1.82) is 5.26 Å². The Kier molecular flexibility index (Phi) is 2.97. The third-order valence-corrected chi connectivity index (χ3v) is 3.59. The maximum atomic E-state index is 12.3. The molecule has 0 atom stereocenters. The summed E-state index contributed by atoms with van der Waals surface area (Å²) in [7, 11) is 0. The summed E-state index contributed by atoms with van der Waals surface area (Å²) in [5.74, 6) is -1.56. The van der Waals surface area contributed by atoms with Gasteiger partial charge in [0, 0.05) is 6.07 Å². The van der Waals surface area contributed by atoms with Crippen molar-refractivity contribution < 1.29 is 9.59 Å². The highest BCUT2D eigenvalue weighted by Gasteiger charge is 2.32. The smallest absolute Gasteiger partial charge is 0.262 e. The molecule has 0 radical (unpaired) electrons. The molecule has 7 nitrogen and oxygen atoms in total. The molecule has 0 aliphatic carbocycles. The Morgan fingerprint density at radius 2 is 1.91 bits per heavy atom. The van der Waals surface area contributed by atoms with E-state index in [9.17, 15) is 14.4 Å². The van der Waals surface area contributed by atoms with Crippen molar-refractivity contribution >= 4 is 29.2 Å². The van der Waals surface area contributed by atoms with Gasteiger partial charge in [0.05, 0.1) is 33.5 Å². The van der Waals surface area contributed by atoms with E-state index in [-0.39, 0.29) is 33.2 Å². The van der Waals surface area contributed by atoms with Crippen LogP contribution in [0.25, 0.3) is 5.69 Å². The number of rotatable bonds is 1. The van der Waals surface area contributed by atoms with Crippen LogP contribution in [-0.4, -0.2) is 16.4 Å². The molecule has 1 aliphatic heterocycles. The molecule has 108 valence electrons. The number of carbonyl (C=O) groups excluding carboxylic acids is 2. The molecule has 0 bridgehead atoms. The molecule has 0 fully saturated rings. The minimum atomic E-state index is -0.682. The summed E-state index contributed by atoms with van der Waals surface area (Å²) in [6.07, 6.45) is 0. The van der Waals surface area contributed by atoms with Gasteiger partial charge in [0.15, 0.2) is 0 Å². The van der Waals surface area contributed by atoms with E-state index < -0.39 is 17.4 Å². The molecular weight excluding hydrogens is 308 g/mol. The van der Waals surface area contributed by atoms with Gasteiger partial charge in [0.1, 0.15) is 5.82 Å². The van der Waals surface area contributed by atoms with E-state index in [1.165, 1.54) is 18.2 Å². The van der Waals surface area contributed by atoms with Crippen LogP contribution < -0.4 is 16.6 Å². The van der Waals surface area contributed by atoms with Crippen molar-refractivity contribution in [2.45, 2.75) is 0 Å². The predicted molar refractivity (Wildman–Crippen MR) is 78.0 cm³/mol. The fourth-order valence-corrected chi connectivity index (χ4v) is 2.48. The lowest BCUT2D eigenvalue weighted by Crippen LogP contribution is -2.24. The van der Waals surface area contributed by atoms with Crippen molar-refractivity contribution in [2.75, 3.05) is 5.73 Å². The Balaban J connectivity index is 2.38. The van der Waals surface area contributed by atoms with Crippen LogP contribution in [0, 0.1) is 11.3 Å². The van der Waals surface area contributed by atoms with Gasteiger partial charge in [-0.15, -0.1) is 0 Å². The fourth-order valence-electron chi connectivity index (χ4n) is 2.28. The Hall–Kier alpha value is -3.11. The van der Waals surface area contributed by atoms with E-state index in [1.54, 1.807) is 0 Å². The van der Waals surface area contributed by atoms with Crippen LogP contribution >= 0.6 is 11.6 Å². The Morgan fingerprint density at radius 1 is 1.18 bits per heavy atom. The van der Waals surface area contributed by atoms with Gasteiger partial charge in [0.25, 0.3) is 17.4 Å². The molecule has 2 heterocycles. The molecule has 22 heavy (non-hydrogen) atoms. The zero-order chi connectivity index (χ0) is 16.0. The number of fused-ring (bicyclic) bond motifs is 1. The number of nitrogen functional groups attached to an aromatic ring is 1. The minimum absolute atomic E-state index is 0.0729. The Bertz CT molecular complexity index is 956. The van der Waals surface area contributed by atoms with Crippen LogP contribution in [0.1, 0.15) is 26.3 Å². The van der Waals surface area contributed by atoms with Gasteiger partial charge in [-0.1, -0.05) is 11.6 Å². The second kappa shape index (κ2) is 4.72. The molecular formula is C14H7ClN4O3. The standard InChI is InChI=1S/C14H7ClN4O3/c15-8-2-1-6(5-16)3-9(8)19-10(20)4-7-11(12(19)17)14(22)18-13(7)21/h1-4H,17H2,(H,18,21,22). The molecule has 2 amide bonds. The molecule has 0 spiro atoms. The minimum Gasteiger partial charge on any atom is -0.384 e. The lowest BCUT2D eigenvalue weighted by Gasteiger charge is -2.13. The highest BCUT2D eigenvalue weighted by molar-refractivity contribution is 6.32. The van der Waals surface area contributed by atoms with Crippen LogP contribution in [0.2, 0.25) is 5.02 Å². The van der Waals surface area contributed by atoms with Gasteiger partial charge < -0.3 is 5.73 Å². The summed E-state index contributed by atoms with van der Waals surface area (Å²) in [5, 5.41) is 11.2. The molecule has 1 aromatic heterocycles. The second-order valence-electron chi connectivity index (χ2n) is 4.55. The van der Waals surface area contributed by atoms with Crippen LogP contribution in [0.15, 0.2) is 29.1 Å². The highest BCUT2D eigenvalue weighted by atomic mass is 35.5. The van der Waals surface area contributed by atoms with Crippen molar-refractivity contribution in [3.05, 3.63) is 56.3 Å². The first kappa shape index (κ1) is 13.9. The lowest BCUT2D eigenvalue weighted by molar-refractivity contribution is 0.0880. The number of nitrogens with zero attached hydrogens (tertiary/aromatic N) is 2. The van der Waals surface area contributed by atoms with Gasteiger partial charge in [0.2, 0.25) is 0 Å². The average Bonchev–Trinajstić information content (AvgIpc) is 2.75. The topological polar surface area (TPSA) is 118 Å². The van der Waals surface area contributed by atoms with E-state index >= 15 is 0 Å². The highest BCUT2D eigenvalue weighted by Crippen LogP contribution is 2.27. The quantitative estimate of drug-likeness (QED) is 0.756. The largest absolute Gasteiger partial charge is 0.384 e. The molecule has 0 saturated carbocycles. The zero-order valence-electron chi connectivity index (χ0n) is 10.9. The third kappa shape index (κ3) is 1.86. The van der Waals surface area contributed by atoms with Gasteiger partial charge in [-0.3, -0.25) is 24.3 Å². The number of amides is 2. The first-order valence-corrected chi connectivity index (χ1v) is 6.43. The summed E-state index contributed by atoms with van der Waals surface area (Å²) < 4.78 is 1.00. The van der Waals surface area contributed by atoms with Gasteiger partial charge >= 0.3 is 0 Å². The summed E-state index contributed by atoms with van der Waals surface area (Å²) in [4.78, 5) is 35.6. The number of nitriles is 1. The van der Waals surface area contributed by atoms with Gasteiger partial charge in [-0.05, 0) is 18.2 Å². The number of aromatic nitrogens is 1. The maximum absolute atomic E-state index is 12.3. The monoisotopic (exact) mass is 314 g/mol. The van der Waals surface area contributed by atoms with Crippen LogP contribution in [0.4, 0.5) is 5.82 Å². The van der Waals surface area contributed by atoms with Crippen molar-refractivity contribution in [1.82, 2.24) is 9.88 Å². The fraction of sp³-hybridized carbons (Fsp3) is 0. The van der Waals surface area contributed by atoms with Gasteiger partial charge in [-0.25, -0.2) is 0 Å². The normalized spacial score (nSPS) is 12.7. The molecule has 1 aliphatic rings. The number of pyridine rings is 1. The molecule has 8 heteroatoms. The summed E-state index contributed by atoms with van der Waals surface area (Å²) >= 11 is 6.06.